The van der Waals surface area contributed by atoms with E-state index in [1.165, 1.54) is 25.3 Å². The van der Waals surface area contributed by atoms with Gasteiger partial charge in [-0.3, -0.25) is 0 Å². The minimum atomic E-state index is -0.399. The Hall–Kier alpha value is -1.46. The standard InChI is InChI=1S/C16H16BrF2NO/c1-20-15(7-10-5-12(17)9-13(18)6-10)11-3-4-14(19)16(8-11)21-2/h3-6,8-9,15,20H,7H2,1-2H3. The summed E-state index contributed by atoms with van der Waals surface area (Å²) in [5.74, 6) is -0.483. The molecule has 1 unspecified atom stereocenters. The van der Waals surface area contributed by atoms with Crippen LogP contribution >= 0.6 is 15.9 Å². The number of benzene rings is 2. The van der Waals surface area contributed by atoms with Gasteiger partial charge in [-0.1, -0.05) is 22.0 Å². The maximum atomic E-state index is 13.5. The minimum Gasteiger partial charge on any atom is -0.494 e. The molecule has 5 heteroatoms. The summed E-state index contributed by atoms with van der Waals surface area (Å²) < 4.78 is 32.6. The predicted octanol–water partition coefficient (Wildman–Crippen LogP) is 4.24. The lowest BCUT2D eigenvalue weighted by Gasteiger charge is -2.18. The van der Waals surface area contributed by atoms with E-state index in [1.54, 1.807) is 12.1 Å². The van der Waals surface area contributed by atoms with Gasteiger partial charge in [0.15, 0.2) is 11.6 Å². The Balaban J connectivity index is 2.27. The Morgan fingerprint density at radius 3 is 2.57 bits per heavy atom. The van der Waals surface area contributed by atoms with Crippen LogP contribution in [0, 0.1) is 11.6 Å². The van der Waals surface area contributed by atoms with Crippen LogP contribution in [0.4, 0.5) is 8.78 Å². The highest BCUT2D eigenvalue weighted by Gasteiger charge is 2.14. The summed E-state index contributed by atoms with van der Waals surface area (Å²) in [5.41, 5.74) is 1.74. The highest BCUT2D eigenvalue weighted by Crippen LogP contribution is 2.26. The Labute approximate surface area is 131 Å². The number of likely N-dealkylation sites (N-methyl/N-ethyl adjacent to an activating group) is 1. The molecule has 2 nitrogen and oxygen atoms in total. The lowest BCUT2D eigenvalue weighted by atomic mass is 9.98. The van der Waals surface area contributed by atoms with Crippen LogP contribution in [-0.2, 0) is 6.42 Å². The second-order valence-electron chi connectivity index (χ2n) is 4.72. The fraction of sp³-hybridized carbons (Fsp3) is 0.250. The quantitative estimate of drug-likeness (QED) is 0.865. The molecule has 0 bridgehead atoms. The Kier molecular flexibility index (Phi) is 5.31. The van der Waals surface area contributed by atoms with E-state index < -0.39 is 5.82 Å². The minimum absolute atomic E-state index is 0.0619. The van der Waals surface area contributed by atoms with Crippen LogP contribution in [-0.4, -0.2) is 14.2 Å². The summed E-state index contributed by atoms with van der Waals surface area (Å²) in [4.78, 5) is 0. The van der Waals surface area contributed by atoms with Gasteiger partial charge in [0.2, 0.25) is 0 Å². The van der Waals surface area contributed by atoms with Gasteiger partial charge in [-0.25, -0.2) is 8.78 Å². The molecule has 0 aromatic heterocycles. The highest BCUT2D eigenvalue weighted by molar-refractivity contribution is 9.10. The van der Waals surface area contributed by atoms with Crippen molar-refractivity contribution in [2.75, 3.05) is 14.2 Å². The monoisotopic (exact) mass is 355 g/mol. The van der Waals surface area contributed by atoms with Crippen molar-refractivity contribution in [3.63, 3.8) is 0 Å². The molecule has 2 aromatic rings. The first-order chi connectivity index (χ1) is 10.0. The second kappa shape index (κ2) is 7.00. The van der Waals surface area contributed by atoms with Crippen molar-refractivity contribution >= 4 is 15.9 Å². The average Bonchev–Trinajstić information content (AvgIpc) is 2.44. The van der Waals surface area contributed by atoms with Gasteiger partial charge in [0.25, 0.3) is 0 Å². The van der Waals surface area contributed by atoms with Gasteiger partial charge in [0, 0.05) is 10.5 Å². The number of hydrogen-bond acceptors (Lipinski definition) is 2. The van der Waals surface area contributed by atoms with Crippen molar-refractivity contribution in [2.24, 2.45) is 0 Å². The van der Waals surface area contributed by atoms with Gasteiger partial charge >= 0.3 is 0 Å². The molecule has 1 atom stereocenters. The molecule has 0 fully saturated rings. The molecule has 0 saturated heterocycles. The number of methoxy groups -OCH3 is 1. The van der Waals surface area contributed by atoms with E-state index in [2.05, 4.69) is 21.2 Å². The van der Waals surface area contributed by atoms with Crippen LogP contribution in [0.2, 0.25) is 0 Å². The molecule has 0 amide bonds. The zero-order valence-corrected chi connectivity index (χ0v) is 13.4. The lowest BCUT2D eigenvalue weighted by Crippen LogP contribution is -2.19. The number of halogens is 3. The molecule has 0 heterocycles. The summed E-state index contributed by atoms with van der Waals surface area (Å²) in [7, 11) is 3.25. The van der Waals surface area contributed by atoms with Crippen LogP contribution in [0.25, 0.3) is 0 Å². The first kappa shape index (κ1) is 15.9. The fourth-order valence-corrected chi connectivity index (χ4v) is 2.76. The fourth-order valence-electron chi connectivity index (χ4n) is 2.24. The van der Waals surface area contributed by atoms with Crippen molar-refractivity contribution in [1.82, 2.24) is 5.32 Å². The van der Waals surface area contributed by atoms with Crippen LogP contribution in [0.3, 0.4) is 0 Å². The molecule has 2 rings (SSSR count). The molecule has 112 valence electrons. The first-order valence-electron chi connectivity index (χ1n) is 6.49. The van der Waals surface area contributed by atoms with Crippen LogP contribution in [0.1, 0.15) is 17.2 Å². The number of ether oxygens (including phenoxy) is 1. The Morgan fingerprint density at radius 2 is 1.95 bits per heavy atom. The van der Waals surface area contributed by atoms with Crippen molar-refractivity contribution in [3.05, 3.63) is 63.6 Å². The van der Waals surface area contributed by atoms with Gasteiger partial charge in [-0.2, -0.15) is 0 Å². The molecule has 0 aliphatic heterocycles. The highest BCUT2D eigenvalue weighted by atomic mass is 79.9. The zero-order valence-electron chi connectivity index (χ0n) is 11.8. The van der Waals surface area contributed by atoms with E-state index in [9.17, 15) is 8.78 Å². The van der Waals surface area contributed by atoms with Crippen LogP contribution in [0.5, 0.6) is 5.75 Å². The summed E-state index contributed by atoms with van der Waals surface area (Å²) in [6.07, 6.45) is 0.585. The maximum Gasteiger partial charge on any atom is 0.165 e. The SMILES string of the molecule is CNC(Cc1cc(F)cc(Br)c1)c1ccc(F)c(OC)c1. The lowest BCUT2D eigenvalue weighted by molar-refractivity contribution is 0.385. The van der Waals surface area contributed by atoms with Gasteiger partial charge in [-0.05, 0) is 54.9 Å². The van der Waals surface area contributed by atoms with Crippen molar-refractivity contribution in [3.8, 4) is 5.75 Å². The third kappa shape index (κ3) is 4.02. The summed E-state index contributed by atoms with van der Waals surface area (Å²) in [6.45, 7) is 0. The Morgan fingerprint density at radius 1 is 1.19 bits per heavy atom. The average molecular weight is 356 g/mol. The van der Waals surface area contributed by atoms with Gasteiger partial charge in [-0.15, -0.1) is 0 Å². The summed E-state index contributed by atoms with van der Waals surface area (Å²) >= 11 is 3.28. The number of hydrogen-bond donors (Lipinski definition) is 1. The van der Waals surface area contributed by atoms with Crippen molar-refractivity contribution in [1.29, 1.82) is 0 Å². The topological polar surface area (TPSA) is 21.3 Å². The van der Waals surface area contributed by atoms with Gasteiger partial charge in [0.05, 0.1) is 7.11 Å². The molecule has 0 aliphatic carbocycles. The third-order valence-electron chi connectivity index (χ3n) is 3.29. The summed E-state index contributed by atoms with van der Waals surface area (Å²) in [6, 6.07) is 9.45. The summed E-state index contributed by atoms with van der Waals surface area (Å²) in [5, 5.41) is 3.16. The molecule has 2 aromatic carbocycles. The van der Waals surface area contributed by atoms with Crippen LogP contribution < -0.4 is 10.1 Å². The molecule has 0 spiro atoms. The molecule has 0 aliphatic rings. The van der Waals surface area contributed by atoms with Gasteiger partial charge in [0.1, 0.15) is 5.82 Å². The van der Waals surface area contributed by atoms with E-state index in [0.717, 1.165) is 11.1 Å². The molecule has 1 N–H and O–H groups in total. The van der Waals surface area contributed by atoms with Gasteiger partial charge < -0.3 is 10.1 Å². The van der Waals surface area contributed by atoms with Crippen molar-refractivity contribution < 1.29 is 13.5 Å². The molecule has 21 heavy (non-hydrogen) atoms. The smallest absolute Gasteiger partial charge is 0.165 e. The normalized spacial score (nSPS) is 12.2. The molecular weight excluding hydrogens is 340 g/mol. The van der Waals surface area contributed by atoms with E-state index in [1.807, 2.05) is 13.1 Å². The largest absolute Gasteiger partial charge is 0.494 e. The number of nitrogens with one attached hydrogen (secondary N) is 1. The Bertz CT molecular complexity index is 613. The zero-order chi connectivity index (χ0) is 15.4. The van der Waals surface area contributed by atoms with E-state index in [0.29, 0.717) is 10.9 Å². The van der Waals surface area contributed by atoms with E-state index in [-0.39, 0.29) is 17.6 Å². The number of rotatable bonds is 5. The van der Waals surface area contributed by atoms with E-state index in [4.69, 9.17) is 4.74 Å². The molecular formula is C16H16BrF2NO. The first-order valence-corrected chi connectivity index (χ1v) is 7.28. The maximum absolute atomic E-state index is 13.5. The third-order valence-corrected chi connectivity index (χ3v) is 3.75. The molecule has 0 saturated carbocycles. The second-order valence-corrected chi connectivity index (χ2v) is 5.63. The van der Waals surface area contributed by atoms with Crippen LogP contribution in [0.15, 0.2) is 40.9 Å². The predicted molar refractivity (Wildman–Crippen MR) is 82.6 cm³/mol. The molecule has 0 radical (unpaired) electrons. The van der Waals surface area contributed by atoms with Crippen molar-refractivity contribution in [2.45, 2.75) is 12.5 Å². The van der Waals surface area contributed by atoms with E-state index >= 15 is 0 Å².